The molecule has 146 valence electrons. The van der Waals surface area contributed by atoms with Crippen molar-refractivity contribution in [2.45, 2.75) is 60.9 Å². The Hall–Kier alpha value is -0.0500. The van der Waals surface area contributed by atoms with E-state index in [1.807, 2.05) is 0 Å². The predicted octanol–water partition coefficient (Wildman–Crippen LogP) is -3.81. The zero-order valence-electron chi connectivity index (χ0n) is 13.5. The summed E-state index contributed by atoms with van der Waals surface area (Å²) in [4.78, 5) is 0. The third-order valence-corrected chi connectivity index (χ3v) is 5.59. The van der Waals surface area contributed by atoms with E-state index in [4.69, 9.17) is 18.9 Å². The van der Waals surface area contributed by atoms with Crippen LogP contribution in [-0.4, -0.2) is 111 Å². The average Bonchev–Trinajstić information content (AvgIpc) is 3.21. The first kappa shape index (κ1) is 19.7. The Bertz CT molecular complexity index is 477. The van der Waals surface area contributed by atoms with Gasteiger partial charge in [-0.15, -0.1) is 0 Å². The van der Waals surface area contributed by atoms with E-state index >= 15 is 0 Å². The fourth-order valence-corrected chi connectivity index (χ4v) is 4.04. The highest BCUT2D eigenvalue weighted by molar-refractivity contribution is 7.80. The van der Waals surface area contributed by atoms with Gasteiger partial charge in [0.2, 0.25) is 0 Å². The maximum Gasteiger partial charge on any atom is 0.187 e. The summed E-state index contributed by atoms with van der Waals surface area (Å²) < 4.78 is 21.6. The van der Waals surface area contributed by atoms with Crippen LogP contribution in [0.25, 0.3) is 0 Å². The van der Waals surface area contributed by atoms with Crippen LogP contribution in [0.3, 0.4) is 0 Å². The lowest BCUT2D eigenvalue weighted by Gasteiger charge is -2.44. The molecule has 1 aliphatic carbocycles. The van der Waals surface area contributed by atoms with Crippen molar-refractivity contribution in [3.63, 3.8) is 0 Å². The highest BCUT2D eigenvalue weighted by Gasteiger charge is 2.78. The molecule has 0 bridgehead atoms. The van der Waals surface area contributed by atoms with Crippen LogP contribution >= 0.6 is 12.6 Å². The third-order valence-electron chi connectivity index (χ3n) is 5.23. The van der Waals surface area contributed by atoms with Crippen LogP contribution in [-0.2, 0) is 18.9 Å². The number of methoxy groups -OCH3 is 1. The maximum atomic E-state index is 10.3. The first-order valence-corrected chi connectivity index (χ1v) is 8.60. The van der Waals surface area contributed by atoms with Gasteiger partial charge in [-0.05, 0) is 0 Å². The van der Waals surface area contributed by atoms with E-state index in [1.54, 1.807) is 0 Å². The van der Waals surface area contributed by atoms with Crippen molar-refractivity contribution in [1.82, 2.24) is 0 Å². The van der Waals surface area contributed by atoms with Crippen molar-refractivity contribution in [2.24, 2.45) is 5.92 Å². The monoisotopic (exact) mass is 384 g/mol. The molecule has 0 aromatic rings. The molecule has 0 spiro atoms. The third kappa shape index (κ3) is 2.91. The standard InChI is InChI=1S/C14H24O10S/c1-21-12-8(17)6-11(20)14(6,5(2-15)23-12)24-13-10(19)9(18)7(16)4(3-25)22-13/h4-13,15-20,25H,2-3H2,1H3/t4?,5?,6?,7-,8?,9?,10?,11?,12+,13-,14-/m0/s1. The Morgan fingerprint density at radius 3 is 2.20 bits per heavy atom. The molecule has 1 saturated carbocycles. The van der Waals surface area contributed by atoms with Gasteiger partial charge in [-0.2, -0.15) is 12.6 Å². The first-order valence-electron chi connectivity index (χ1n) is 7.97. The normalized spacial score (nSPS) is 55.7. The summed E-state index contributed by atoms with van der Waals surface area (Å²) >= 11 is 4.02. The number of aliphatic hydroxyl groups excluding tert-OH is 6. The van der Waals surface area contributed by atoms with E-state index in [9.17, 15) is 30.6 Å². The van der Waals surface area contributed by atoms with Crippen molar-refractivity contribution in [1.29, 1.82) is 0 Å². The highest BCUT2D eigenvalue weighted by Crippen LogP contribution is 2.57. The smallest absolute Gasteiger partial charge is 0.187 e. The van der Waals surface area contributed by atoms with Crippen LogP contribution in [0.15, 0.2) is 0 Å². The molecule has 11 heteroatoms. The summed E-state index contributed by atoms with van der Waals surface area (Å²) in [5.74, 6) is -0.782. The molecule has 0 aromatic heterocycles. The maximum absolute atomic E-state index is 10.3. The molecule has 2 saturated heterocycles. The van der Waals surface area contributed by atoms with Gasteiger partial charge < -0.3 is 49.6 Å². The van der Waals surface area contributed by atoms with E-state index < -0.39 is 73.4 Å². The van der Waals surface area contributed by atoms with Gasteiger partial charge in [0.1, 0.15) is 36.1 Å². The van der Waals surface area contributed by atoms with Crippen molar-refractivity contribution < 1.29 is 49.6 Å². The number of hydrogen-bond acceptors (Lipinski definition) is 11. The minimum atomic E-state index is -1.61. The van der Waals surface area contributed by atoms with Crippen LogP contribution < -0.4 is 0 Å². The van der Waals surface area contributed by atoms with Crippen molar-refractivity contribution in [2.75, 3.05) is 19.5 Å². The number of fused-ring (bicyclic) bond motifs is 1. The number of aliphatic hydroxyl groups is 6. The van der Waals surface area contributed by atoms with Crippen molar-refractivity contribution >= 4 is 12.6 Å². The fourth-order valence-electron chi connectivity index (χ4n) is 3.74. The highest BCUT2D eigenvalue weighted by atomic mass is 32.1. The van der Waals surface area contributed by atoms with Crippen molar-refractivity contribution in [3.05, 3.63) is 0 Å². The van der Waals surface area contributed by atoms with E-state index in [-0.39, 0.29) is 5.75 Å². The van der Waals surface area contributed by atoms with Gasteiger partial charge in [-0.3, -0.25) is 0 Å². The lowest BCUT2D eigenvalue weighted by molar-refractivity contribution is -0.343. The van der Waals surface area contributed by atoms with Crippen LogP contribution in [0.5, 0.6) is 0 Å². The Morgan fingerprint density at radius 1 is 0.960 bits per heavy atom. The van der Waals surface area contributed by atoms with E-state index in [1.165, 1.54) is 7.11 Å². The summed E-state index contributed by atoms with van der Waals surface area (Å²) in [6.07, 6.45) is -11.4. The minimum absolute atomic E-state index is 0.0537. The molecule has 0 amide bonds. The van der Waals surface area contributed by atoms with Gasteiger partial charge in [0.25, 0.3) is 0 Å². The lowest BCUT2D eigenvalue weighted by atomic mass is 9.98. The molecule has 2 heterocycles. The summed E-state index contributed by atoms with van der Waals surface area (Å²) in [5, 5.41) is 60.1. The van der Waals surface area contributed by atoms with Gasteiger partial charge in [0.15, 0.2) is 12.6 Å². The molecule has 7 unspecified atom stereocenters. The Kier molecular flexibility index (Phi) is 5.65. The largest absolute Gasteiger partial charge is 0.394 e. The molecule has 25 heavy (non-hydrogen) atoms. The number of thiol groups is 1. The lowest BCUT2D eigenvalue weighted by Crippen LogP contribution is -2.62. The number of rotatable bonds is 5. The van der Waals surface area contributed by atoms with Crippen LogP contribution in [0, 0.1) is 5.92 Å². The van der Waals surface area contributed by atoms with Gasteiger partial charge in [0.05, 0.1) is 24.7 Å². The molecular formula is C14H24O10S. The number of ether oxygens (including phenoxy) is 4. The van der Waals surface area contributed by atoms with Gasteiger partial charge in [-0.1, -0.05) is 0 Å². The second-order valence-corrected chi connectivity index (χ2v) is 6.91. The Morgan fingerprint density at radius 2 is 1.64 bits per heavy atom. The quantitative estimate of drug-likeness (QED) is 0.234. The zero-order chi connectivity index (χ0) is 18.5. The topological polar surface area (TPSA) is 158 Å². The molecule has 6 N–H and O–H groups in total. The van der Waals surface area contributed by atoms with Gasteiger partial charge in [-0.25, -0.2) is 0 Å². The van der Waals surface area contributed by atoms with E-state index in [0.717, 1.165) is 0 Å². The first-order chi connectivity index (χ1) is 11.8. The molecule has 10 nitrogen and oxygen atoms in total. The fraction of sp³-hybridized carbons (Fsp3) is 1.00. The van der Waals surface area contributed by atoms with Crippen LogP contribution in [0.4, 0.5) is 0 Å². The second kappa shape index (κ2) is 7.17. The SMILES string of the molecule is CO[C@@H]1OC(CO)[C@@]2(O[C@@H]3OC(CS)[C@H](O)C(O)C3O)C(O)C2C1O. The molecule has 0 aromatic carbocycles. The number of hydrogen-bond donors (Lipinski definition) is 7. The summed E-state index contributed by atoms with van der Waals surface area (Å²) in [6.45, 7) is -0.538. The summed E-state index contributed by atoms with van der Waals surface area (Å²) in [6, 6.07) is 0. The Balaban J connectivity index is 1.81. The van der Waals surface area contributed by atoms with E-state index in [0.29, 0.717) is 0 Å². The summed E-state index contributed by atoms with van der Waals surface area (Å²) in [5.41, 5.74) is -1.53. The molecule has 2 aliphatic heterocycles. The van der Waals surface area contributed by atoms with Gasteiger partial charge in [0, 0.05) is 12.9 Å². The predicted molar refractivity (Wildman–Crippen MR) is 82.6 cm³/mol. The molecule has 3 aliphatic rings. The molecular weight excluding hydrogens is 360 g/mol. The molecule has 11 atom stereocenters. The van der Waals surface area contributed by atoms with E-state index in [2.05, 4.69) is 12.6 Å². The molecule has 0 radical (unpaired) electrons. The molecule has 3 fully saturated rings. The zero-order valence-corrected chi connectivity index (χ0v) is 14.3. The average molecular weight is 384 g/mol. The molecule has 3 rings (SSSR count). The van der Waals surface area contributed by atoms with Crippen LogP contribution in [0.2, 0.25) is 0 Å². The van der Waals surface area contributed by atoms with Crippen molar-refractivity contribution in [3.8, 4) is 0 Å². The van der Waals surface area contributed by atoms with Gasteiger partial charge >= 0.3 is 0 Å². The second-order valence-electron chi connectivity index (χ2n) is 6.54. The summed E-state index contributed by atoms with van der Waals surface area (Å²) in [7, 11) is 1.31. The minimum Gasteiger partial charge on any atom is -0.394 e. The van der Waals surface area contributed by atoms with Crippen LogP contribution in [0.1, 0.15) is 0 Å². The Labute approximate surface area is 149 Å².